The molecule has 2 fully saturated rings. The number of phenols is 1. The van der Waals surface area contributed by atoms with E-state index in [-0.39, 0.29) is 22.8 Å². The molecular formula is C23H25FN6O2. The van der Waals surface area contributed by atoms with Crippen LogP contribution in [0.3, 0.4) is 0 Å². The molecule has 0 amide bonds. The Bertz CT molecular complexity index is 1110. The van der Waals surface area contributed by atoms with Crippen molar-refractivity contribution >= 4 is 5.82 Å². The Kier molecular flexibility index (Phi) is 5.57. The summed E-state index contributed by atoms with van der Waals surface area (Å²) in [5.41, 5.74) is 1.35. The monoisotopic (exact) mass is 436 g/mol. The number of methoxy groups -OCH3 is 1. The van der Waals surface area contributed by atoms with Gasteiger partial charge in [-0.3, -0.25) is 0 Å². The summed E-state index contributed by atoms with van der Waals surface area (Å²) < 4.78 is 19.9. The van der Waals surface area contributed by atoms with Crippen LogP contribution in [0.1, 0.15) is 25.7 Å². The molecule has 1 saturated carbocycles. The first-order valence-corrected chi connectivity index (χ1v) is 10.9. The number of ether oxygens (including phenoxy) is 1. The zero-order valence-electron chi connectivity index (χ0n) is 17.8. The van der Waals surface area contributed by atoms with Crippen molar-refractivity contribution in [2.75, 3.05) is 25.1 Å². The molecule has 1 saturated heterocycles. The van der Waals surface area contributed by atoms with Crippen LogP contribution in [0.2, 0.25) is 0 Å². The first-order valence-electron chi connectivity index (χ1n) is 10.9. The van der Waals surface area contributed by atoms with E-state index in [0.717, 1.165) is 25.3 Å². The van der Waals surface area contributed by atoms with Crippen molar-refractivity contribution in [3.63, 3.8) is 0 Å². The van der Waals surface area contributed by atoms with Gasteiger partial charge in [0, 0.05) is 47.9 Å². The standard InChI is InChI=1S/C23H25FN6O2/c1-32-23-9-14(12-25-29-23)17-11-21(31)18(10-19(17)24)20-5-6-22(28-27-20)30-8-7-16(13-30)26-15-3-2-4-15/h5-6,9-12,15-16,26,31H,2-4,7-8,13H2,1H3/t16-/m1/s1. The van der Waals surface area contributed by atoms with Crippen molar-refractivity contribution < 1.29 is 14.2 Å². The lowest BCUT2D eigenvalue weighted by Gasteiger charge is -2.29. The fourth-order valence-electron chi connectivity index (χ4n) is 4.23. The first-order chi connectivity index (χ1) is 15.6. The average Bonchev–Trinajstić information content (AvgIpc) is 3.26. The number of aromatic nitrogens is 4. The Morgan fingerprint density at radius 3 is 2.66 bits per heavy atom. The lowest BCUT2D eigenvalue weighted by Crippen LogP contribution is -2.43. The summed E-state index contributed by atoms with van der Waals surface area (Å²) in [6.45, 7) is 1.83. The van der Waals surface area contributed by atoms with E-state index in [2.05, 4.69) is 30.6 Å². The molecule has 32 heavy (non-hydrogen) atoms. The summed E-state index contributed by atoms with van der Waals surface area (Å²) in [5.74, 6) is 0.450. The van der Waals surface area contributed by atoms with Gasteiger partial charge in [0.15, 0.2) is 5.82 Å². The van der Waals surface area contributed by atoms with Crippen LogP contribution in [0.25, 0.3) is 22.4 Å². The van der Waals surface area contributed by atoms with Crippen molar-refractivity contribution in [2.45, 2.75) is 37.8 Å². The molecule has 0 radical (unpaired) electrons. The molecule has 2 aliphatic rings. The van der Waals surface area contributed by atoms with Crippen LogP contribution in [-0.2, 0) is 0 Å². The molecule has 0 unspecified atom stereocenters. The van der Waals surface area contributed by atoms with Gasteiger partial charge in [0.05, 0.1) is 19.0 Å². The molecular weight excluding hydrogens is 411 g/mol. The SMILES string of the molecule is COc1cc(-c2cc(O)c(-c3ccc(N4CC[C@@H](NC5CCC5)C4)nn3)cc2F)cnn1. The lowest BCUT2D eigenvalue weighted by molar-refractivity contribution is 0.311. The van der Waals surface area contributed by atoms with Gasteiger partial charge in [-0.1, -0.05) is 6.42 Å². The van der Waals surface area contributed by atoms with Crippen molar-refractivity contribution in [1.82, 2.24) is 25.7 Å². The second-order valence-corrected chi connectivity index (χ2v) is 8.34. The predicted molar refractivity (Wildman–Crippen MR) is 118 cm³/mol. The molecule has 8 nitrogen and oxygen atoms in total. The number of nitrogens with one attached hydrogen (secondary N) is 1. The highest BCUT2D eigenvalue weighted by atomic mass is 19.1. The minimum atomic E-state index is -0.511. The van der Waals surface area contributed by atoms with Gasteiger partial charge < -0.3 is 20.1 Å². The molecule has 2 aromatic heterocycles. The van der Waals surface area contributed by atoms with Gasteiger partial charge in [-0.2, -0.15) is 5.10 Å². The molecule has 1 aliphatic heterocycles. The largest absolute Gasteiger partial charge is 0.507 e. The van der Waals surface area contributed by atoms with E-state index < -0.39 is 5.82 Å². The fraction of sp³-hybridized carbons (Fsp3) is 0.391. The zero-order chi connectivity index (χ0) is 22.1. The second-order valence-electron chi connectivity index (χ2n) is 8.34. The minimum Gasteiger partial charge on any atom is -0.507 e. The molecule has 166 valence electrons. The van der Waals surface area contributed by atoms with Crippen molar-refractivity contribution in [2.24, 2.45) is 0 Å². The third-order valence-corrected chi connectivity index (χ3v) is 6.25. The van der Waals surface area contributed by atoms with Gasteiger partial charge in [0.2, 0.25) is 5.88 Å². The molecule has 2 N–H and O–H groups in total. The molecule has 3 heterocycles. The average molecular weight is 436 g/mol. The Labute approximate surface area is 185 Å². The van der Waals surface area contributed by atoms with Gasteiger partial charge in [0.1, 0.15) is 11.6 Å². The van der Waals surface area contributed by atoms with E-state index in [1.807, 2.05) is 6.07 Å². The number of anilines is 1. The molecule has 3 aromatic rings. The van der Waals surface area contributed by atoms with Crippen LogP contribution in [0.15, 0.2) is 36.5 Å². The Hall–Kier alpha value is -3.33. The van der Waals surface area contributed by atoms with Crippen LogP contribution < -0.4 is 15.0 Å². The van der Waals surface area contributed by atoms with Crippen molar-refractivity contribution in [3.8, 4) is 34.0 Å². The first kappa shape index (κ1) is 20.6. The van der Waals surface area contributed by atoms with Gasteiger partial charge in [-0.25, -0.2) is 4.39 Å². The molecule has 0 spiro atoms. The maximum absolute atomic E-state index is 14.9. The summed E-state index contributed by atoms with van der Waals surface area (Å²) >= 11 is 0. The quantitative estimate of drug-likeness (QED) is 0.608. The predicted octanol–water partition coefficient (Wildman–Crippen LogP) is 3.17. The van der Waals surface area contributed by atoms with Gasteiger partial charge in [0.25, 0.3) is 0 Å². The minimum absolute atomic E-state index is 0.0924. The molecule has 5 rings (SSSR count). The number of hydrogen-bond acceptors (Lipinski definition) is 8. The number of hydrogen-bond donors (Lipinski definition) is 2. The summed E-state index contributed by atoms with van der Waals surface area (Å²) in [7, 11) is 1.46. The van der Waals surface area contributed by atoms with Crippen LogP contribution in [0.5, 0.6) is 11.6 Å². The van der Waals surface area contributed by atoms with Gasteiger partial charge in [-0.15, -0.1) is 15.3 Å². The lowest BCUT2D eigenvalue weighted by atomic mass is 9.92. The third-order valence-electron chi connectivity index (χ3n) is 6.25. The Balaban J connectivity index is 1.33. The molecule has 0 bridgehead atoms. The highest BCUT2D eigenvalue weighted by Gasteiger charge is 2.28. The molecule has 1 aromatic carbocycles. The number of nitrogens with zero attached hydrogens (tertiary/aromatic N) is 5. The zero-order valence-corrected chi connectivity index (χ0v) is 17.8. The number of phenolic OH excluding ortho intramolecular Hbond substituents is 1. The smallest absolute Gasteiger partial charge is 0.233 e. The fourth-order valence-corrected chi connectivity index (χ4v) is 4.23. The van der Waals surface area contributed by atoms with E-state index in [1.54, 1.807) is 12.1 Å². The molecule has 9 heteroatoms. The summed E-state index contributed by atoms with van der Waals surface area (Å²) in [6.07, 6.45) is 6.37. The van der Waals surface area contributed by atoms with Gasteiger partial charge >= 0.3 is 0 Å². The summed E-state index contributed by atoms with van der Waals surface area (Å²) in [4.78, 5) is 2.21. The molecule has 1 atom stereocenters. The number of halogens is 1. The summed E-state index contributed by atoms with van der Waals surface area (Å²) in [6, 6.07) is 8.95. The third kappa shape index (κ3) is 4.08. The van der Waals surface area contributed by atoms with E-state index in [1.165, 1.54) is 44.7 Å². The van der Waals surface area contributed by atoms with Crippen molar-refractivity contribution in [1.29, 1.82) is 0 Å². The van der Waals surface area contributed by atoms with Crippen LogP contribution in [-0.4, -0.2) is 57.8 Å². The van der Waals surface area contributed by atoms with Crippen LogP contribution in [0, 0.1) is 5.82 Å². The maximum Gasteiger partial charge on any atom is 0.233 e. The normalized spacial score (nSPS) is 18.6. The Morgan fingerprint density at radius 1 is 1.06 bits per heavy atom. The van der Waals surface area contributed by atoms with E-state index >= 15 is 0 Å². The van der Waals surface area contributed by atoms with E-state index in [9.17, 15) is 9.50 Å². The maximum atomic E-state index is 14.9. The van der Waals surface area contributed by atoms with E-state index in [4.69, 9.17) is 4.74 Å². The molecule has 1 aliphatic carbocycles. The van der Waals surface area contributed by atoms with Crippen molar-refractivity contribution in [3.05, 3.63) is 42.3 Å². The highest BCUT2D eigenvalue weighted by molar-refractivity contribution is 5.75. The highest BCUT2D eigenvalue weighted by Crippen LogP contribution is 2.35. The number of rotatable bonds is 6. The number of benzene rings is 1. The van der Waals surface area contributed by atoms with Crippen LogP contribution >= 0.6 is 0 Å². The Morgan fingerprint density at radius 2 is 1.94 bits per heavy atom. The number of aromatic hydroxyl groups is 1. The van der Waals surface area contributed by atoms with E-state index in [0.29, 0.717) is 23.3 Å². The second kappa shape index (κ2) is 8.66. The van der Waals surface area contributed by atoms with Gasteiger partial charge in [-0.05, 0) is 43.5 Å². The van der Waals surface area contributed by atoms with Crippen LogP contribution in [0.4, 0.5) is 10.2 Å². The summed E-state index contributed by atoms with van der Waals surface area (Å²) in [5, 5.41) is 30.5. The topological polar surface area (TPSA) is 96.3 Å².